The molecule has 4 nitrogen and oxygen atoms in total. The van der Waals surface area contributed by atoms with Crippen molar-refractivity contribution in [1.82, 2.24) is 0 Å². The Balaban J connectivity index is 2.94. The van der Waals surface area contributed by atoms with E-state index < -0.39 is 10.7 Å². The molecule has 0 saturated carbocycles. The van der Waals surface area contributed by atoms with Crippen LogP contribution in [0.15, 0.2) is 24.4 Å². The third-order valence-corrected chi connectivity index (χ3v) is 1.58. The van der Waals surface area contributed by atoms with Crippen LogP contribution in [0, 0.1) is 15.9 Å². The number of hydrogen-bond donors (Lipinski definition) is 0. The molecule has 1 rings (SSSR count). The smallest absolute Gasteiger partial charge is 0.235 e. The molecule has 0 atom stereocenters. The van der Waals surface area contributed by atoms with Crippen molar-refractivity contribution in [3.8, 4) is 5.75 Å². The first kappa shape index (κ1) is 10.2. The minimum absolute atomic E-state index is 0.155. The van der Waals surface area contributed by atoms with Crippen molar-refractivity contribution < 1.29 is 14.1 Å². The summed E-state index contributed by atoms with van der Waals surface area (Å²) in [6.07, 6.45) is 1.78. The van der Waals surface area contributed by atoms with E-state index in [1.807, 2.05) is 0 Å². The predicted molar refractivity (Wildman–Crippen MR) is 49.0 cm³/mol. The minimum atomic E-state index is -0.649. The Morgan fingerprint density at radius 2 is 2.29 bits per heavy atom. The van der Waals surface area contributed by atoms with Gasteiger partial charge in [0.2, 0.25) is 6.20 Å². The molecule has 1 aromatic carbocycles. The van der Waals surface area contributed by atoms with Crippen molar-refractivity contribution in [2.24, 2.45) is 0 Å². The van der Waals surface area contributed by atoms with E-state index in [1.165, 1.54) is 25.3 Å². The average Bonchev–Trinajstić information content (AvgIpc) is 2.15. The molecule has 1 aromatic rings. The summed E-state index contributed by atoms with van der Waals surface area (Å²) in [7, 11) is 1.42. The Morgan fingerprint density at radius 1 is 1.57 bits per heavy atom. The lowest BCUT2D eigenvalue weighted by molar-refractivity contribution is -0.400. The molecular weight excluding hydrogens is 189 g/mol. The maximum atomic E-state index is 13.1. The lowest BCUT2D eigenvalue weighted by atomic mass is 10.2. The molecule has 0 bridgehead atoms. The molecule has 0 aliphatic carbocycles. The number of hydrogen-bond acceptors (Lipinski definition) is 3. The van der Waals surface area contributed by atoms with Gasteiger partial charge in [-0.2, -0.15) is 0 Å². The number of methoxy groups -OCH3 is 1. The molecule has 0 saturated heterocycles. The van der Waals surface area contributed by atoms with Gasteiger partial charge in [0.1, 0.15) is 11.6 Å². The second-order valence-electron chi connectivity index (χ2n) is 2.49. The topological polar surface area (TPSA) is 52.4 Å². The molecule has 14 heavy (non-hydrogen) atoms. The summed E-state index contributed by atoms with van der Waals surface area (Å²) in [6.45, 7) is 0. The van der Waals surface area contributed by atoms with Gasteiger partial charge in [0.05, 0.1) is 12.0 Å². The van der Waals surface area contributed by atoms with Gasteiger partial charge in [0.15, 0.2) is 0 Å². The molecular formula is C9H8FNO3. The highest BCUT2D eigenvalue weighted by Crippen LogP contribution is 2.17. The number of nitrogens with zero attached hydrogens (tertiary/aromatic N) is 1. The Kier molecular flexibility index (Phi) is 3.17. The van der Waals surface area contributed by atoms with Crippen LogP contribution < -0.4 is 4.74 Å². The van der Waals surface area contributed by atoms with Gasteiger partial charge in [-0.1, -0.05) is 0 Å². The van der Waals surface area contributed by atoms with Crippen molar-refractivity contribution in [1.29, 1.82) is 0 Å². The van der Waals surface area contributed by atoms with Crippen molar-refractivity contribution >= 4 is 6.08 Å². The highest BCUT2D eigenvalue weighted by molar-refractivity contribution is 5.50. The molecule has 0 unspecified atom stereocenters. The first-order valence-electron chi connectivity index (χ1n) is 3.78. The standard InChI is InChI=1S/C9H8FNO3/c1-14-8-3-2-7(9(10)6-8)4-5-11(12)13/h2-6H,1H3. The zero-order chi connectivity index (χ0) is 10.6. The SMILES string of the molecule is COc1ccc(C=C[N+](=O)[O-])c(F)c1. The van der Waals surface area contributed by atoms with Gasteiger partial charge < -0.3 is 4.74 Å². The molecule has 0 N–H and O–H groups in total. The lowest BCUT2D eigenvalue weighted by Crippen LogP contribution is -1.88. The van der Waals surface area contributed by atoms with E-state index in [9.17, 15) is 14.5 Å². The number of ether oxygens (including phenoxy) is 1. The second kappa shape index (κ2) is 4.36. The van der Waals surface area contributed by atoms with E-state index in [2.05, 4.69) is 0 Å². The van der Waals surface area contributed by atoms with Crippen molar-refractivity contribution in [2.75, 3.05) is 7.11 Å². The maximum absolute atomic E-state index is 13.1. The summed E-state index contributed by atoms with van der Waals surface area (Å²) in [4.78, 5) is 9.33. The maximum Gasteiger partial charge on any atom is 0.235 e. The van der Waals surface area contributed by atoms with Gasteiger partial charge in [-0.05, 0) is 12.1 Å². The van der Waals surface area contributed by atoms with Crippen LogP contribution in [0.25, 0.3) is 6.08 Å². The number of benzene rings is 1. The van der Waals surface area contributed by atoms with E-state index in [0.29, 0.717) is 11.9 Å². The molecule has 74 valence electrons. The van der Waals surface area contributed by atoms with Gasteiger partial charge in [-0.3, -0.25) is 10.1 Å². The summed E-state index contributed by atoms with van der Waals surface area (Å²) in [6, 6.07) is 4.11. The van der Waals surface area contributed by atoms with E-state index in [1.54, 1.807) is 0 Å². The monoisotopic (exact) mass is 197 g/mol. The van der Waals surface area contributed by atoms with Crippen molar-refractivity contribution in [3.63, 3.8) is 0 Å². The van der Waals surface area contributed by atoms with Crippen LogP contribution in [0.1, 0.15) is 5.56 Å². The van der Waals surface area contributed by atoms with Crippen LogP contribution in [0.4, 0.5) is 4.39 Å². The van der Waals surface area contributed by atoms with Gasteiger partial charge in [0.25, 0.3) is 0 Å². The Morgan fingerprint density at radius 3 is 2.79 bits per heavy atom. The molecule has 5 heteroatoms. The average molecular weight is 197 g/mol. The molecule has 0 aromatic heterocycles. The van der Waals surface area contributed by atoms with E-state index >= 15 is 0 Å². The molecule has 0 amide bonds. The fraction of sp³-hybridized carbons (Fsp3) is 0.111. The molecule has 0 aliphatic heterocycles. The largest absolute Gasteiger partial charge is 0.497 e. The highest BCUT2D eigenvalue weighted by atomic mass is 19.1. The van der Waals surface area contributed by atoms with Crippen LogP contribution in [-0.4, -0.2) is 12.0 Å². The Hall–Kier alpha value is -1.91. The highest BCUT2D eigenvalue weighted by Gasteiger charge is 2.01. The summed E-state index contributed by atoms with van der Waals surface area (Å²) in [5.41, 5.74) is 0.155. The fourth-order valence-electron chi connectivity index (χ4n) is 0.911. The Labute approximate surface area is 79.8 Å². The third-order valence-electron chi connectivity index (χ3n) is 1.58. The van der Waals surface area contributed by atoms with Crippen LogP contribution >= 0.6 is 0 Å². The number of halogens is 1. The predicted octanol–water partition coefficient (Wildman–Crippen LogP) is 2.08. The minimum Gasteiger partial charge on any atom is -0.497 e. The quantitative estimate of drug-likeness (QED) is 0.550. The van der Waals surface area contributed by atoms with Crippen LogP contribution in [0.5, 0.6) is 5.75 Å². The Bertz CT molecular complexity index is 376. The first-order valence-corrected chi connectivity index (χ1v) is 3.78. The third kappa shape index (κ3) is 2.55. The molecule has 0 radical (unpaired) electrons. The zero-order valence-corrected chi connectivity index (χ0v) is 7.44. The fourth-order valence-corrected chi connectivity index (χ4v) is 0.911. The van der Waals surface area contributed by atoms with E-state index in [0.717, 1.165) is 6.08 Å². The number of nitro groups is 1. The second-order valence-corrected chi connectivity index (χ2v) is 2.49. The van der Waals surface area contributed by atoms with Gasteiger partial charge in [-0.15, -0.1) is 0 Å². The van der Waals surface area contributed by atoms with Gasteiger partial charge >= 0.3 is 0 Å². The zero-order valence-electron chi connectivity index (χ0n) is 7.44. The van der Waals surface area contributed by atoms with Crippen molar-refractivity contribution in [3.05, 3.63) is 45.9 Å². The van der Waals surface area contributed by atoms with Gasteiger partial charge in [-0.25, -0.2) is 4.39 Å². The molecule has 0 heterocycles. The summed E-state index contributed by atoms with van der Waals surface area (Å²) in [5, 5.41) is 9.98. The van der Waals surface area contributed by atoms with Crippen LogP contribution in [-0.2, 0) is 0 Å². The van der Waals surface area contributed by atoms with E-state index in [4.69, 9.17) is 4.74 Å². The van der Waals surface area contributed by atoms with Crippen molar-refractivity contribution in [2.45, 2.75) is 0 Å². The van der Waals surface area contributed by atoms with Crippen LogP contribution in [0.3, 0.4) is 0 Å². The molecule has 0 spiro atoms. The summed E-state index contributed by atoms with van der Waals surface area (Å²) >= 11 is 0. The normalized spacial score (nSPS) is 10.4. The van der Waals surface area contributed by atoms with Crippen LogP contribution in [0.2, 0.25) is 0 Å². The molecule has 0 aliphatic rings. The first-order chi connectivity index (χ1) is 6.63. The van der Waals surface area contributed by atoms with Gasteiger partial charge in [0, 0.05) is 17.7 Å². The summed E-state index contributed by atoms with van der Waals surface area (Å²) < 4.78 is 17.9. The number of rotatable bonds is 3. The summed E-state index contributed by atoms with van der Waals surface area (Å²) in [5.74, 6) is -0.178. The van der Waals surface area contributed by atoms with E-state index in [-0.39, 0.29) is 5.56 Å². The molecule has 0 fully saturated rings. The lowest BCUT2D eigenvalue weighted by Gasteiger charge is -2.00.